The summed E-state index contributed by atoms with van der Waals surface area (Å²) in [7, 11) is 0. The number of amides is 4. The van der Waals surface area contributed by atoms with E-state index in [1.54, 1.807) is 78.9 Å². The van der Waals surface area contributed by atoms with E-state index in [0.717, 1.165) is 53.0 Å². The van der Waals surface area contributed by atoms with Gasteiger partial charge in [0, 0.05) is 54.8 Å². The van der Waals surface area contributed by atoms with Crippen molar-refractivity contribution in [2.24, 2.45) is 0 Å². The summed E-state index contributed by atoms with van der Waals surface area (Å²) in [6.45, 7) is 5.86. The van der Waals surface area contributed by atoms with Gasteiger partial charge in [-0.15, -0.1) is 5.10 Å². The second-order valence-electron chi connectivity index (χ2n) is 20.0. The van der Waals surface area contributed by atoms with Crippen molar-refractivity contribution in [3.8, 4) is 11.3 Å². The van der Waals surface area contributed by atoms with E-state index in [-0.39, 0.29) is 31.4 Å². The van der Waals surface area contributed by atoms with Gasteiger partial charge in [0.25, 0.3) is 11.8 Å². The third-order valence-corrected chi connectivity index (χ3v) is 14.1. The lowest BCUT2D eigenvalue weighted by molar-refractivity contribution is -0.158. The second-order valence-corrected chi connectivity index (χ2v) is 20.6. The molecule has 0 aliphatic carbocycles. The van der Waals surface area contributed by atoms with Gasteiger partial charge in [-0.1, -0.05) is 213 Å². The molecule has 5 rings (SSSR count). The molecule has 426 valence electrons. The van der Waals surface area contributed by atoms with Gasteiger partial charge in [-0.3, -0.25) is 24.0 Å². The molecule has 0 bridgehead atoms. The van der Waals surface area contributed by atoms with Crippen LogP contribution in [-0.4, -0.2) is 89.3 Å². The summed E-state index contributed by atoms with van der Waals surface area (Å²) < 4.78 is 3.86. The summed E-state index contributed by atoms with van der Waals surface area (Å²) in [5.41, 5.74) is 5.32. The maximum Gasteiger partial charge on any atom is 0.394 e. The summed E-state index contributed by atoms with van der Waals surface area (Å²) in [5, 5.41) is 40.0. The van der Waals surface area contributed by atoms with E-state index in [1.807, 2.05) is 29.6 Å². The van der Waals surface area contributed by atoms with E-state index in [4.69, 9.17) is 0 Å². The highest BCUT2D eigenvalue weighted by molar-refractivity contribution is 7.03. The standard InChI is InChI=1S/C31H40N4O4S.C31H42N2O6/c1-2-3-4-5-6-7-8-9-10-11-20-32-29(36)27-18-14-25(15-19-27)22-35(30(37)31(38)39)21-24-12-16-26(17-13-24)28-23-40-34-33-28;1-2-3-4-5-6-7-8-9-10-14-21-32-29(36)26-19-17-24(18-20-26)23-33(30(37)31(38)39)27(22-28(34)35)25-15-12-11-13-16-25/h12-19,23H,2-11,20-22H2,1H3,(H,32,36)(H,38,39);11-13,15-20,27H,2-10,14,21-23H2,1H3,(H,32,36)(H,34,35)(H,38,39). The third kappa shape index (κ3) is 24.9. The molecule has 1 heterocycles. The van der Waals surface area contributed by atoms with Gasteiger partial charge in [-0.05, 0) is 70.9 Å². The first kappa shape index (κ1) is 64.3. The molecule has 0 aliphatic heterocycles. The first-order chi connectivity index (χ1) is 38.3. The average molecular weight is 1100 g/mol. The summed E-state index contributed by atoms with van der Waals surface area (Å²) >= 11 is 1.27. The number of aliphatic carboxylic acids is 3. The van der Waals surface area contributed by atoms with Crippen LogP contribution in [0.2, 0.25) is 0 Å². The summed E-state index contributed by atoms with van der Waals surface area (Å²) in [6, 6.07) is 28.5. The van der Waals surface area contributed by atoms with Crippen LogP contribution in [0.1, 0.15) is 198 Å². The predicted octanol–water partition coefficient (Wildman–Crippen LogP) is 12.4. The molecule has 4 amide bonds. The molecular formula is C62H82N6O10S. The smallest absolute Gasteiger partial charge is 0.394 e. The molecule has 5 aromatic rings. The van der Waals surface area contributed by atoms with Crippen LogP contribution >= 0.6 is 11.5 Å². The fourth-order valence-corrected chi connectivity index (χ4v) is 9.56. The maximum atomic E-state index is 12.6. The molecule has 0 saturated carbocycles. The number of nitrogens with one attached hydrogen (secondary N) is 2. The van der Waals surface area contributed by atoms with Crippen LogP contribution in [0.4, 0.5) is 0 Å². The van der Waals surface area contributed by atoms with Crippen LogP contribution in [0, 0.1) is 0 Å². The Bertz CT molecular complexity index is 2580. The minimum absolute atomic E-state index is 0.113. The number of hydrogen-bond donors (Lipinski definition) is 5. The fourth-order valence-electron chi connectivity index (χ4n) is 9.09. The number of carbonyl (C=O) groups is 7. The molecular weight excluding hydrogens is 1020 g/mol. The quantitative estimate of drug-likeness (QED) is 0.0188. The Hall–Kier alpha value is -7.27. The van der Waals surface area contributed by atoms with E-state index >= 15 is 0 Å². The van der Waals surface area contributed by atoms with Crippen LogP contribution in [0.5, 0.6) is 0 Å². The zero-order chi connectivity index (χ0) is 57.0. The van der Waals surface area contributed by atoms with E-state index in [0.29, 0.717) is 35.3 Å². The summed E-state index contributed by atoms with van der Waals surface area (Å²) in [5.74, 6) is -6.81. The first-order valence-electron chi connectivity index (χ1n) is 28.2. The van der Waals surface area contributed by atoms with Gasteiger partial charge < -0.3 is 35.8 Å². The lowest BCUT2D eigenvalue weighted by Crippen LogP contribution is -2.39. The monoisotopic (exact) mass is 1100 g/mol. The summed E-state index contributed by atoms with van der Waals surface area (Å²) in [6.07, 6.45) is 24.3. The molecule has 16 nitrogen and oxygen atoms in total. The van der Waals surface area contributed by atoms with Crippen LogP contribution in [-0.2, 0) is 43.6 Å². The molecule has 0 fully saturated rings. The van der Waals surface area contributed by atoms with E-state index in [2.05, 4.69) is 34.1 Å². The Balaban J connectivity index is 0.000000341. The number of carbonyl (C=O) groups excluding carboxylic acids is 4. The average Bonchev–Trinajstić information content (AvgIpc) is 4.02. The van der Waals surface area contributed by atoms with Gasteiger partial charge in [0.05, 0.1) is 12.5 Å². The van der Waals surface area contributed by atoms with Gasteiger partial charge >= 0.3 is 29.7 Å². The Morgan fingerprint density at radius 3 is 1.29 bits per heavy atom. The van der Waals surface area contributed by atoms with Gasteiger partial charge in [-0.2, -0.15) is 0 Å². The number of hydrogen-bond acceptors (Lipinski definition) is 10. The highest BCUT2D eigenvalue weighted by Gasteiger charge is 2.31. The minimum Gasteiger partial charge on any atom is -0.481 e. The minimum atomic E-state index is -1.66. The molecule has 0 aliphatic rings. The summed E-state index contributed by atoms with van der Waals surface area (Å²) in [4.78, 5) is 86.9. The van der Waals surface area contributed by atoms with Crippen LogP contribution in [0.25, 0.3) is 11.3 Å². The highest BCUT2D eigenvalue weighted by Crippen LogP contribution is 2.27. The zero-order valence-corrected chi connectivity index (χ0v) is 47.1. The Labute approximate surface area is 470 Å². The molecule has 0 spiro atoms. The highest BCUT2D eigenvalue weighted by atomic mass is 32.1. The molecule has 1 unspecified atom stereocenters. The molecule has 0 radical (unpaired) electrons. The molecule has 17 heteroatoms. The van der Waals surface area contributed by atoms with Gasteiger partial charge in [-0.25, -0.2) is 9.59 Å². The van der Waals surface area contributed by atoms with E-state index in [9.17, 15) is 48.9 Å². The van der Waals surface area contributed by atoms with Crippen LogP contribution in [0.3, 0.4) is 0 Å². The number of carboxylic acids is 3. The fraction of sp³-hybridized carbons (Fsp3) is 0.468. The third-order valence-electron chi connectivity index (χ3n) is 13.6. The SMILES string of the molecule is CCCCCCCCCCCCNC(=O)c1ccc(CN(C(=O)C(=O)O)C(CC(=O)O)c2ccccc2)cc1.CCCCCCCCCCCCNC(=O)c1ccc(CN(Cc2ccc(-c3csnn3)cc2)C(=O)C(=O)O)cc1. The van der Waals surface area contributed by atoms with Crippen molar-refractivity contribution in [1.29, 1.82) is 0 Å². The Morgan fingerprint density at radius 2 is 0.899 bits per heavy atom. The molecule has 4 aromatic carbocycles. The van der Waals surface area contributed by atoms with Crippen molar-refractivity contribution in [1.82, 2.24) is 30.0 Å². The van der Waals surface area contributed by atoms with Gasteiger partial charge in [0.2, 0.25) is 0 Å². The number of benzene rings is 4. The van der Waals surface area contributed by atoms with Crippen molar-refractivity contribution in [3.05, 3.63) is 142 Å². The van der Waals surface area contributed by atoms with Crippen molar-refractivity contribution in [2.45, 2.75) is 174 Å². The Morgan fingerprint density at radius 1 is 0.494 bits per heavy atom. The second kappa shape index (κ2) is 37.5. The largest absolute Gasteiger partial charge is 0.481 e. The lowest BCUT2D eigenvalue weighted by atomic mass is 10.0. The predicted molar refractivity (Wildman–Crippen MR) is 308 cm³/mol. The first-order valence-corrected chi connectivity index (χ1v) is 29.1. The topological polar surface area (TPSA) is 236 Å². The normalized spacial score (nSPS) is 11.2. The lowest BCUT2D eigenvalue weighted by Gasteiger charge is -2.30. The Kier molecular flexibility index (Phi) is 30.5. The van der Waals surface area contributed by atoms with Crippen molar-refractivity contribution in [2.75, 3.05) is 13.1 Å². The van der Waals surface area contributed by atoms with E-state index in [1.165, 1.54) is 119 Å². The molecule has 1 aromatic heterocycles. The van der Waals surface area contributed by atoms with Crippen LogP contribution < -0.4 is 10.6 Å². The molecule has 0 saturated heterocycles. The number of unbranched alkanes of at least 4 members (excludes halogenated alkanes) is 18. The van der Waals surface area contributed by atoms with Crippen LogP contribution in [0.15, 0.2) is 109 Å². The number of aromatic nitrogens is 2. The van der Waals surface area contributed by atoms with Crippen molar-refractivity contribution < 1.29 is 48.9 Å². The number of carboxylic acid groups (broad SMARTS) is 3. The molecule has 1 atom stereocenters. The van der Waals surface area contributed by atoms with E-state index < -0.39 is 42.2 Å². The van der Waals surface area contributed by atoms with Gasteiger partial charge in [0.1, 0.15) is 5.69 Å². The molecule has 79 heavy (non-hydrogen) atoms. The number of nitrogens with zero attached hydrogens (tertiary/aromatic N) is 4. The maximum absolute atomic E-state index is 12.6. The number of rotatable bonds is 35. The van der Waals surface area contributed by atoms with Crippen molar-refractivity contribution in [3.63, 3.8) is 0 Å². The zero-order valence-electron chi connectivity index (χ0n) is 46.3. The van der Waals surface area contributed by atoms with Gasteiger partial charge in [0.15, 0.2) is 0 Å². The van der Waals surface area contributed by atoms with Crippen molar-refractivity contribution >= 4 is 53.1 Å². The molecule has 5 N–H and O–H groups in total.